The molecule has 1 fully saturated rings. The van der Waals surface area contributed by atoms with E-state index in [1.807, 2.05) is 24.3 Å². The fourth-order valence-electron chi connectivity index (χ4n) is 4.20. The fourth-order valence-corrected chi connectivity index (χ4v) is 4.20. The summed E-state index contributed by atoms with van der Waals surface area (Å²) in [4.78, 5) is 26.8. The average Bonchev–Trinajstić information content (AvgIpc) is 3.33. The maximum Gasteiger partial charge on any atom is 0.296 e. The molecule has 2 aromatic carbocycles. The van der Waals surface area contributed by atoms with Crippen LogP contribution in [0.3, 0.4) is 0 Å². The van der Waals surface area contributed by atoms with E-state index in [2.05, 4.69) is 14.5 Å². The van der Waals surface area contributed by atoms with Crippen molar-refractivity contribution in [3.63, 3.8) is 0 Å². The summed E-state index contributed by atoms with van der Waals surface area (Å²) < 4.78 is 9.19. The lowest BCUT2D eigenvalue weighted by atomic mass is 9.92. The molecule has 0 amide bonds. The van der Waals surface area contributed by atoms with E-state index < -0.39 is 11.3 Å². The maximum absolute atomic E-state index is 13.0. The molecule has 160 valence electrons. The minimum atomic E-state index is -0.598. The Balaban J connectivity index is 1.63. The van der Waals surface area contributed by atoms with Gasteiger partial charge in [-0.1, -0.05) is 12.1 Å². The van der Waals surface area contributed by atoms with Gasteiger partial charge in [-0.3, -0.25) is 9.36 Å². The molecule has 0 saturated heterocycles. The summed E-state index contributed by atoms with van der Waals surface area (Å²) in [6.07, 6.45) is 3.15. The van der Waals surface area contributed by atoms with Gasteiger partial charge in [0.15, 0.2) is 22.9 Å². The fraction of sp³-hybridized carbons (Fsp3) is 0.217. The standard InChI is InChI=1S/C23H20N6O3/c1-28-20(21-25-14-10-9-12(24)11-16(14)29(21)13-5-4-6-13)27-18(19(30)23(28)31)22-26-15-7-2-3-8-17(15)32-22/h2-3,7-11,13,30H,4-6,24H2,1H3. The number of fused-ring (bicyclic) bond motifs is 2. The van der Waals surface area contributed by atoms with Gasteiger partial charge in [0.2, 0.25) is 11.6 Å². The second-order valence-electron chi connectivity index (χ2n) is 8.12. The Kier molecular flexibility index (Phi) is 3.89. The summed E-state index contributed by atoms with van der Waals surface area (Å²) in [5, 5.41) is 10.6. The quantitative estimate of drug-likeness (QED) is 0.420. The first kappa shape index (κ1) is 18.6. The SMILES string of the molecule is Cn1c(-c2nc3ccc(N)cc3n2C2CCC2)nc(-c2nc3ccccc3o2)c(O)c1=O. The number of nitrogen functional groups attached to an aromatic ring is 1. The average molecular weight is 428 g/mol. The van der Waals surface area contributed by atoms with Crippen LogP contribution in [-0.4, -0.2) is 29.2 Å². The third-order valence-electron chi connectivity index (χ3n) is 6.12. The number of oxazole rings is 1. The summed E-state index contributed by atoms with van der Waals surface area (Å²) in [5.74, 6) is 0.440. The van der Waals surface area contributed by atoms with Gasteiger partial charge >= 0.3 is 0 Å². The molecule has 0 radical (unpaired) electrons. The molecule has 0 atom stereocenters. The summed E-state index contributed by atoms with van der Waals surface area (Å²) in [5.41, 5.74) is 8.91. The molecule has 5 aromatic rings. The monoisotopic (exact) mass is 428 g/mol. The molecular weight excluding hydrogens is 408 g/mol. The first-order valence-electron chi connectivity index (χ1n) is 10.4. The van der Waals surface area contributed by atoms with E-state index in [9.17, 15) is 9.90 Å². The van der Waals surface area contributed by atoms with Crippen LogP contribution in [0.15, 0.2) is 51.7 Å². The molecular formula is C23H20N6O3. The van der Waals surface area contributed by atoms with Crippen LogP contribution in [0.1, 0.15) is 25.3 Å². The van der Waals surface area contributed by atoms with E-state index in [0.717, 1.165) is 30.3 Å². The van der Waals surface area contributed by atoms with Crippen LogP contribution in [0.2, 0.25) is 0 Å². The third-order valence-corrected chi connectivity index (χ3v) is 6.12. The molecule has 9 nitrogen and oxygen atoms in total. The minimum Gasteiger partial charge on any atom is -0.501 e. The molecule has 6 rings (SSSR count). The third kappa shape index (κ3) is 2.64. The Labute approximate surface area is 181 Å². The van der Waals surface area contributed by atoms with Gasteiger partial charge in [-0.05, 0) is 49.6 Å². The number of rotatable bonds is 3. The van der Waals surface area contributed by atoms with Crippen LogP contribution in [-0.2, 0) is 7.05 Å². The number of hydrogen-bond acceptors (Lipinski definition) is 7. The number of anilines is 1. The zero-order chi connectivity index (χ0) is 22.0. The highest BCUT2D eigenvalue weighted by molar-refractivity contribution is 5.83. The molecule has 1 aliphatic carbocycles. The predicted octanol–water partition coefficient (Wildman–Crippen LogP) is 3.62. The Morgan fingerprint density at radius 2 is 1.88 bits per heavy atom. The van der Waals surface area contributed by atoms with Crippen LogP contribution in [0.4, 0.5) is 5.69 Å². The smallest absolute Gasteiger partial charge is 0.296 e. The van der Waals surface area contributed by atoms with Crippen molar-refractivity contribution in [2.24, 2.45) is 7.05 Å². The number of hydrogen-bond donors (Lipinski definition) is 2. The number of imidazole rings is 1. The summed E-state index contributed by atoms with van der Waals surface area (Å²) in [6, 6.07) is 13.0. The normalized spacial score (nSPS) is 14.3. The van der Waals surface area contributed by atoms with Gasteiger partial charge in [-0.15, -0.1) is 0 Å². The highest BCUT2D eigenvalue weighted by Gasteiger charge is 2.29. The maximum atomic E-state index is 13.0. The lowest BCUT2D eigenvalue weighted by Gasteiger charge is -2.29. The summed E-state index contributed by atoms with van der Waals surface area (Å²) >= 11 is 0. The number of nitrogens with two attached hydrogens (primary N) is 1. The number of aromatic nitrogens is 5. The molecule has 9 heteroatoms. The van der Waals surface area contributed by atoms with Crippen molar-refractivity contribution in [1.29, 1.82) is 0 Å². The summed E-state index contributed by atoms with van der Waals surface area (Å²) in [6.45, 7) is 0. The van der Waals surface area contributed by atoms with Gasteiger partial charge in [0, 0.05) is 18.8 Å². The Morgan fingerprint density at radius 3 is 2.62 bits per heavy atom. The van der Waals surface area contributed by atoms with Crippen LogP contribution in [0, 0.1) is 0 Å². The van der Waals surface area contributed by atoms with E-state index in [1.54, 1.807) is 25.2 Å². The largest absolute Gasteiger partial charge is 0.501 e. The van der Waals surface area contributed by atoms with E-state index in [1.165, 1.54) is 4.57 Å². The number of benzene rings is 2. The molecule has 0 unspecified atom stereocenters. The number of nitrogens with zero attached hydrogens (tertiary/aromatic N) is 5. The first-order chi connectivity index (χ1) is 15.5. The van der Waals surface area contributed by atoms with E-state index in [4.69, 9.17) is 15.1 Å². The molecule has 0 spiro atoms. The van der Waals surface area contributed by atoms with Gasteiger partial charge in [-0.25, -0.2) is 15.0 Å². The lowest BCUT2D eigenvalue weighted by molar-refractivity contribution is 0.322. The lowest BCUT2D eigenvalue weighted by Crippen LogP contribution is -2.24. The van der Waals surface area contributed by atoms with E-state index >= 15 is 0 Å². The molecule has 32 heavy (non-hydrogen) atoms. The molecule has 0 bridgehead atoms. The van der Waals surface area contributed by atoms with Crippen molar-refractivity contribution in [3.8, 4) is 29.0 Å². The second-order valence-corrected chi connectivity index (χ2v) is 8.12. The molecule has 3 heterocycles. The predicted molar refractivity (Wildman–Crippen MR) is 120 cm³/mol. The number of aromatic hydroxyl groups is 1. The summed E-state index contributed by atoms with van der Waals surface area (Å²) in [7, 11) is 1.57. The van der Waals surface area contributed by atoms with Crippen LogP contribution in [0.25, 0.3) is 45.4 Å². The minimum absolute atomic E-state index is 0.00831. The molecule has 1 saturated carbocycles. The molecule has 0 aliphatic heterocycles. The highest BCUT2D eigenvalue weighted by atomic mass is 16.4. The zero-order valence-corrected chi connectivity index (χ0v) is 17.3. The van der Waals surface area contributed by atoms with Crippen molar-refractivity contribution < 1.29 is 9.52 Å². The van der Waals surface area contributed by atoms with Crippen LogP contribution < -0.4 is 11.3 Å². The van der Waals surface area contributed by atoms with Crippen molar-refractivity contribution >= 4 is 27.8 Å². The Morgan fingerprint density at radius 1 is 1.06 bits per heavy atom. The van der Waals surface area contributed by atoms with Gasteiger partial charge < -0.3 is 19.8 Å². The molecule has 3 aromatic heterocycles. The van der Waals surface area contributed by atoms with Crippen molar-refractivity contribution in [1.82, 2.24) is 24.1 Å². The van der Waals surface area contributed by atoms with Crippen molar-refractivity contribution in [2.75, 3.05) is 5.73 Å². The van der Waals surface area contributed by atoms with Gasteiger partial charge in [0.25, 0.3) is 5.56 Å². The van der Waals surface area contributed by atoms with Gasteiger partial charge in [0.05, 0.1) is 11.0 Å². The number of para-hydroxylation sites is 2. The topological polar surface area (TPSA) is 125 Å². The Hall–Kier alpha value is -4.14. The van der Waals surface area contributed by atoms with Crippen molar-refractivity contribution in [3.05, 3.63) is 52.8 Å². The first-order valence-corrected chi connectivity index (χ1v) is 10.4. The van der Waals surface area contributed by atoms with Gasteiger partial charge in [-0.2, -0.15) is 0 Å². The molecule has 1 aliphatic rings. The van der Waals surface area contributed by atoms with Crippen LogP contribution in [0.5, 0.6) is 5.75 Å². The van der Waals surface area contributed by atoms with Crippen LogP contribution >= 0.6 is 0 Å². The van der Waals surface area contributed by atoms with Crippen molar-refractivity contribution in [2.45, 2.75) is 25.3 Å². The van der Waals surface area contributed by atoms with E-state index in [-0.39, 0.29) is 17.6 Å². The van der Waals surface area contributed by atoms with E-state index in [0.29, 0.717) is 28.4 Å². The molecule has 3 N–H and O–H groups in total. The Bertz CT molecular complexity index is 1540. The zero-order valence-electron chi connectivity index (χ0n) is 17.3. The highest BCUT2D eigenvalue weighted by Crippen LogP contribution is 2.39. The second kappa shape index (κ2) is 6.68. The van der Waals surface area contributed by atoms with Gasteiger partial charge in [0.1, 0.15) is 5.52 Å².